The van der Waals surface area contributed by atoms with Crippen LogP contribution in [0.1, 0.15) is 17.0 Å². The maximum atomic E-state index is 6.00. The smallest absolute Gasteiger partial charge is 0.0827 e. The quantitative estimate of drug-likeness (QED) is 0.920. The summed E-state index contributed by atoms with van der Waals surface area (Å²) in [6, 6.07) is 5.79. The Morgan fingerprint density at radius 1 is 1.39 bits per heavy atom. The Balaban J connectivity index is 2.19. The summed E-state index contributed by atoms with van der Waals surface area (Å²) < 4.78 is 2.93. The Morgan fingerprint density at radius 3 is 2.72 bits per heavy atom. The van der Waals surface area contributed by atoms with Crippen LogP contribution in [0.2, 0.25) is 5.02 Å². The minimum atomic E-state index is 0.717. The lowest BCUT2D eigenvalue weighted by molar-refractivity contribution is 0.731. The van der Waals surface area contributed by atoms with Gasteiger partial charge in [-0.25, -0.2) is 0 Å². The van der Waals surface area contributed by atoms with Gasteiger partial charge in [0.2, 0.25) is 0 Å². The second kappa shape index (κ2) is 5.33. The maximum Gasteiger partial charge on any atom is 0.0827 e. The number of halogens is 2. The van der Waals surface area contributed by atoms with E-state index in [2.05, 4.69) is 33.3 Å². The van der Waals surface area contributed by atoms with E-state index < -0.39 is 0 Å². The summed E-state index contributed by atoms with van der Waals surface area (Å²) >= 11 is 9.53. The number of nitrogens with zero attached hydrogens (tertiary/aromatic N) is 2. The lowest BCUT2D eigenvalue weighted by Gasteiger charge is -2.09. The van der Waals surface area contributed by atoms with Gasteiger partial charge >= 0.3 is 0 Å². The fourth-order valence-corrected chi connectivity index (χ4v) is 2.47. The Morgan fingerprint density at radius 2 is 2.11 bits per heavy atom. The van der Waals surface area contributed by atoms with Crippen LogP contribution in [0.15, 0.2) is 22.7 Å². The molecule has 1 aromatic carbocycles. The summed E-state index contributed by atoms with van der Waals surface area (Å²) in [5.74, 6) is 0. The van der Waals surface area contributed by atoms with E-state index in [0.29, 0.717) is 6.54 Å². The molecule has 0 aliphatic carbocycles. The maximum absolute atomic E-state index is 6.00. The highest BCUT2D eigenvalue weighted by atomic mass is 79.9. The van der Waals surface area contributed by atoms with Gasteiger partial charge in [0.1, 0.15) is 0 Å². The summed E-state index contributed by atoms with van der Waals surface area (Å²) in [6.07, 6.45) is 0. The molecule has 1 aromatic heterocycles. The number of anilines is 1. The average Bonchev–Trinajstić information content (AvgIpc) is 2.55. The van der Waals surface area contributed by atoms with Gasteiger partial charge in [-0.3, -0.25) is 4.68 Å². The van der Waals surface area contributed by atoms with Crippen LogP contribution in [-0.2, 0) is 13.6 Å². The van der Waals surface area contributed by atoms with Crippen LogP contribution in [0.3, 0.4) is 0 Å². The Hall–Kier alpha value is -1.000. The monoisotopic (exact) mass is 327 g/mol. The van der Waals surface area contributed by atoms with E-state index in [1.54, 1.807) is 0 Å². The normalized spacial score (nSPS) is 10.7. The van der Waals surface area contributed by atoms with Gasteiger partial charge in [0, 0.05) is 23.1 Å². The zero-order chi connectivity index (χ0) is 13.3. The summed E-state index contributed by atoms with van der Waals surface area (Å²) in [7, 11) is 1.95. The highest BCUT2D eigenvalue weighted by molar-refractivity contribution is 9.10. The van der Waals surface area contributed by atoms with Crippen molar-refractivity contribution in [1.29, 1.82) is 0 Å². The molecule has 1 N–H and O–H groups in total. The third-order valence-corrected chi connectivity index (χ3v) is 3.98. The largest absolute Gasteiger partial charge is 0.378 e. The van der Waals surface area contributed by atoms with Gasteiger partial charge in [-0.15, -0.1) is 0 Å². The van der Waals surface area contributed by atoms with Crippen molar-refractivity contribution in [2.45, 2.75) is 20.4 Å². The highest BCUT2D eigenvalue weighted by Crippen LogP contribution is 2.24. The first-order valence-corrected chi connectivity index (χ1v) is 6.84. The number of aromatic nitrogens is 2. The zero-order valence-electron chi connectivity index (χ0n) is 10.6. The third-order valence-electron chi connectivity index (χ3n) is 2.97. The van der Waals surface area contributed by atoms with Crippen LogP contribution >= 0.6 is 27.5 Å². The molecule has 0 amide bonds. The van der Waals surface area contributed by atoms with Crippen molar-refractivity contribution in [1.82, 2.24) is 9.78 Å². The van der Waals surface area contributed by atoms with Crippen LogP contribution < -0.4 is 5.32 Å². The molecule has 0 saturated carbocycles. The number of hydrogen-bond acceptors (Lipinski definition) is 2. The Labute approximate surface area is 120 Å². The zero-order valence-corrected chi connectivity index (χ0v) is 12.9. The van der Waals surface area contributed by atoms with E-state index >= 15 is 0 Å². The molecule has 0 unspecified atom stereocenters. The van der Waals surface area contributed by atoms with Crippen molar-refractivity contribution in [3.8, 4) is 0 Å². The molecular formula is C13H15BrClN3. The van der Waals surface area contributed by atoms with E-state index in [-0.39, 0.29) is 0 Å². The molecule has 5 heteroatoms. The molecule has 2 rings (SSSR count). The second-order valence-corrected chi connectivity index (χ2v) is 5.55. The number of aryl methyl sites for hydroxylation is 2. The van der Waals surface area contributed by atoms with E-state index in [1.165, 1.54) is 0 Å². The SMILES string of the molecule is Cc1nn(C)c(C)c1NCc1cc(Cl)ccc1Br. The molecule has 18 heavy (non-hydrogen) atoms. The van der Waals surface area contributed by atoms with E-state index in [4.69, 9.17) is 11.6 Å². The van der Waals surface area contributed by atoms with Crippen molar-refractivity contribution in [2.75, 3.05) is 5.32 Å². The summed E-state index contributed by atoms with van der Waals surface area (Å²) in [5, 5.41) is 8.54. The van der Waals surface area contributed by atoms with Gasteiger partial charge < -0.3 is 5.32 Å². The van der Waals surface area contributed by atoms with Crippen molar-refractivity contribution >= 4 is 33.2 Å². The summed E-state index contributed by atoms with van der Waals surface area (Å²) in [6.45, 7) is 4.77. The van der Waals surface area contributed by atoms with E-state index in [9.17, 15) is 0 Å². The molecule has 0 spiro atoms. The first kappa shape index (κ1) is 13.4. The predicted octanol–water partition coefficient (Wildman–Crippen LogP) is 4.06. The molecule has 3 nitrogen and oxygen atoms in total. The van der Waals surface area contributed by atoms with E-state index in [1.807, 2.05) is 36.9 Å². The number of benzene rings is 1. The fourth-order valence-electron chi connectivity index (χ4n) is 1.89. The summed E-state index contributed by atoms with van der Waals surface area (Å²) in [4.78, 5) is 0. The molecule has 0 saturated heterocycles. The van der Waals surface area contributed by atoms with Crippen LogP contribution in [-0.4, -0.2) is 9.78 Å². The van der Waals surface area contributed by atoms with Gasteiger partial charge in [-0.05, 0) is 37.6 Å². The van der Waals surface area contributed by atoms with Crippen LogP contribution in [0.5, 0.6) is 0 Å². The molecule has 0 atom stereocenters. The molecule has 0 bridgehead atoms. The molecule has 2 aromatic rings. The number of nitrogens with one attached hydrogen (secondary N) is 1. The number of rotatable bonds is 3. The molecule has 0 aliphatic rings. The predicted molar refractivity (Wildman–Crippen MR) is 79.2 cm³/mol. The van der Waals surface area contributed by atoms with Gasteiger partial charge in [0.05, 0.1) is 17.1 Å². The molecule has 0 fully saturated rings. The van der Waals surface area contributed by atoms with Crippen LogP contribution in [0.25, 0.3) is 0 Å². The molecule has 0 aliphatic heterocycles. The Kier molecular flexibility index (Phi) is 3.97. The average molecular weight is 329 g/mol. The van der Waals surface area contributed by atoms with Crippen LogP contribution in [0.4, 0.5) is 5.69 Å². The highest BCUT2D eigenvalue weighted by Gasteiger charge is 2.09. The van der Waals surface area contributed by atoms with Gasteiger partial charge in [-0.2, -0.15) is 5.10 Å². The minimum absolute atomic E-state index is 0.717. The lowest BCUT2D eigenvalue weighted by atomic mass is 10.2. The van der Waals surface area contributed by atoms with Crippen molar-refractivity contribution in [3.05, 3.63) is 44.6 Å². The van der Waals surface area contributed by atoms with Gasteiger partial charge in [-0.1, -0.05) is 27.5 Å². The molecule has 1 heterocycles. The second-order valence-electron chi connectivity index (χ2n) is 4.26. The topological polar surface area (TPSA) is 29.9 Å². The minimum Gasteiger partial charge on any atom is -0.378 e. The van der Waals surface area contributed by atoms with Crippen LogP contribution in [0, 0.1) is 13.8 Å². The van der Waals surface area contributed by atoms with Crippen molar-refractivity contribution < 1.29 is 0 Å². The van der Waals surface area contributed by atoms with Crippen molar-refractivity contribution in [2.24, 2.45) is 7.05 Å². The Bertz CT molecular complexity index is 578. The van der Waals surface area contributed by atoms with Gasteiger partial charge in [0.25, 0.3) is 0 Å². The first-order valence-electron chi connectivity index (χ1n) is 5.67. The molecular weight excluding hydrogens is 314 g/mol. The third kappa shape index (κ3) is 2.70. The van der Waals surface area contributed by atoms with Crippen molar-refractivity contribution in [3.63, 3.8) is 0 Å². The van der Waals surface area contributed by atoms with E-state index in [0.717, 1.165) is 32.1 Å². The fraction of sp³-hybridized carbons (Fsp3) is 0.308. The standard InChI is InChI=1S/C13H15BrClN3/c1-8-13(9(2)18(3)17-8)16-7-10-6-11(15)4-5-12(10)14/h4-6,16H,7H2,1-3H3. The lowest BCUT2D eigenvalue weighted by Crippen LogP contribution is -2.02. The number of hydrogen-bond donors (Lipinski definition) is 1. The van der Waals surface area contributed by atoms with Gasteiger partial charge in [0.15, 0.2) is 0 Å². The molecule has 0 radical (unpaired) electrons. The first-order chi connectivity index (χ1) is 8.49. The molecule has 96 valence electrons. The summed E-state index contributed by atoms with van der Waals surface area (Å²) in [5.41, 5.74) is 4.35.